The van der Waals surface area contributed by atoms with Crippen LogP contribution in [0.2, 0.25) is 0 Å². The Morgan fingerprint density at radius 1 is 1.29 bits per heavy atom. The molecule has 1 amide bonds. The van der Waals surface area contributed by atoms with Crippen LogP contribution >= 0.6 is 0 Å². The molecule has 1 fully saturated rings. The Labute approximate surface area is 167 Å². The van der Waals surface area contributed by atoms with Gasteiger partial charge in [0.1, 0.15) is 5.75 Å². The Morgan fingerprint density at radius 3 is 2.68 bits per heavy atom. The summed E-state index contributed by atoms with van der Waals surface area (Å²) in [7, 11) is 3.77. The molecule has 2 heterocycles. The number of aryl methyl sites for hydroxylation is 3. The number of nitrogens with one attached hydrogen (secondary N) is 1. The molecule has 1 aliphatic rings. The van der Waals surface area contributed by atoms with Gasteiger partial charge in [0.15, 0.2) is 6.10 Å². The molecule has 0 bridgehead atoms. The Hall–Kier alpha value is -2.34. The minimum atomic E-state index is -0.538. The topological polar surface area (TPSA) is 59.4 Å². The predicted molar refractivity (Wildman–Crippen MR) is 111 cm³/mol. The van der Waals surface area contributed by atoms with Crippen LogP contribution in [0.25, 0.3) is 0 Å². The van der Waals surface area contributed by atoms with Gasteiger partial charge in [-0.15, -0.1) is 0 Å². The van der Waals surface area contributed by atoms with Gasteiger partial charge in [0, 0.05) is 20.0 Å². The maximum atomic E-state index is 12.8. The van der Waals surface area contributed by atoms with Crippen molar-refractivity contribution in [3.05, 3.63) is 46.8 Å². The van der Waals surface area contributed by atoms with Gasteiger partial charge in [-0.1, -0.05) is 6.07 Å². The highest BCUT2D eigenvalue weighted by Crippen LogP contribution is 2.25. The second-order valence-corrected chi connectivity index (χ2v) is 7.91. The highest BCUT2D eigenvalue weighted by molar-refractivity contribution is 5.80. The van der Waals surface area contributed by atoms with Crippen molar-refractivity contribution in [2.24, 2.45) is 7.05 Å². The maximum Gasteiger partial charge on any atom is 0.263 e. The number of carbonyl (C=O) groups excluding carboxylic acids is 1. The fraction of sp³-hybridized carbons (Fsp3) is 0.545. The average Bonchev–Trinajstić information content (AvgIpc) is 3.05. The zero-order chi connectivity index (χ0) is 20.3. The van der Waals surface area contributed by atoms with E-state index < -0.39 is 6.10 Å². The summed E-state index contributed by atoms with van der Waals surface area (Å²) in [6.45, 7) is 8.52. The third kappa shape index (κ3) is 4.73. The number of aromatic nitrogens is 2. The summed E-state index contributed by atoms with van der Waals surface area (Å²) in [5.74, 6) is 1.20. The number of amides is 1. The van der Waals surface area contributed by atoms with Crippen molar-refractivity contribution in [3.63, 3.8) is 0 Å². The molecule has 0 aliphatic carbocycles. The fourth-order valence-electron chi connectivity index (χ4n) is 3.67. The van der Waals surface area contributed by atoms with Gasteiger partial charge >= 0.3 is 0 Å². The largest absolute Gasteiger partial charge is 0.481 e. The van der Waals surface area contributed by atoms with Gasteiger partial charge in [-0.2, -0.15) is 5.10 Å². The summed E-state index contributed by atoms with van der Waals surface area (Å²) in [6.07, 6.45) is 1.70. The molecular formula is C22H32N4O2. The molecule has 0 spiro atoms. The van der Waals surface area contributed by atoms with E-state index in [1.54, 1.807) is 11.8 Å². The summed E-state index contributed by atoms with van der Waals surface area (Å²) in [4.78, 5) is 14.5. The normalized spacial score (nSPS) is 16.0. The number of hydrogen-bond acceptors (Lipinski definition) is 4. The Morgan fingerprint density at radius 2 is 2.00 bits per heavy atom. The summed E-state index contributed by atoms with van der Waals surface area (Å²) in [5, 5.41) is 8.09. The molecule has 0 saturated carbocycles. The van der Waals surface area contributed by atoms with Crippen molar-refractivity contribution < 1.29 is 9.53 Å². The van der Waals surface area contributed by atoms with Crippen LogP contribution in [-0.4, -0.2) is 46.8 Å². The number of hydrogen-bond donors (Lipinski definition) is 1. The van der Waals surface area contributed by atoms with Crippen molar-refractivity contribution in [2.75, 3.05) is 20.1 Å². The number of ether oxygens (including phenoxy) is 1. The highest BCUT2D eigenvalue weighted by Gasteiger charge is 2.23. The molecule has 1 aromatic heterocycles. The van der Waals surface area contributed by atoms with Crippen LogP contribution in [0.3, 0.4) is 0 Å². The Balaban J connectivity index is 1.61. The maximum absolute atomic E-state index is 12.8. The van der Waals surface area contributed by atoms with Crippen LogP contribution in [0, 0.1) is 13.8 Å². The molecule has 1 saturated heterocycles. The number of piperidine rings is 1. The van der Waals surface area contributed by atoms with Gasteiger partial charge < -0.3 is 15.0 Å². The molecule has 0 unspecified atom stereocenters. The lowest BCUT2D eigenvalue weighted by Crippen LogP contribution is -2.37. The van der Waals surface area contributed by atoms with Crippen molar-refractivity contribution in [2.45, 2.75) is 52.2 Å². The van der Waals surface area contributed by atoms with Gasteiger partial charge in [0.2, 0.25) is 0 Å². The zero-order valence-electron chi connectivity index (χ0n) is 17.7. The third-order valence-electron chi connectivity index (χ3n) is 5.67. The molecule has 152 valence electrons. The van der Waals surface area contributed by atoms with Crippen LogP contribution in [-0.2, 0) is 18.4 Å². The van der Waals surface area contributed by atoms with E-state index in [4.69, 9.17) is 9.84 Å². The predicted octanol–water partition coefficient (Wildman–Crippen LogP) is 2.93. The second kappa shape index (κ2) is 8.78. The van der Waals surface area contributed by atoms with Gasteiger partial charge in [0.25, 0.3) is 5.91 Å². The highest BCUT2D eigenvalue weighted by atomic mass is 16.5. The molecule has 1 aromatic carbocycles. The minimum absolute atomic E-state index is 0.0390. The molecule has 1 aliphatic heterocycles. The van der Waals surface area contributed by atoms with Gasteiger partial charge in [-0.05, 0) is 76.0 Å². The number of nitrogens with zero attached hydrogens (tertiary/aromatic N) is 3. The molecule has 1 atom stereocenters. The van der Waals surface area contributed by atoms with Crippen LogP contribution < -0.4 is 10.1 Å². The van der Waals surface area contributed by atoms with E-state index in [0.29, 0.717) is 12.5 Å². The standard InChI is InChI=1S/C22H32N4O2/c1-15-6-7-20(12-16(15)2)28-17(3)22(27)25(4)14-19-13-21(24-26(19)5)18-8-10-23-11-9-18/h6-7,12-13,17-18,23H,8-11,14H2,1-5H3/t17-/m0/s1. The van der Waals surface area contributed by atoms with Crippen molar-refractivity contribution in [1.29, 1.82) is 0 Å². The lowest BCUT2D eigenvalue weighted by atomic mass is 9.94. The minimum Gasteiger partial charge on any atom is -0.481 e. The summed E-state index contributed by atoms with van der Waals surface area (Å²) in [5.41, 5.74) is 4.55. The van der Waals surface area contributed by atoms with E-state index in [0.717, 1.165) is 48.6 Å². The zero-order valence-corrected chi connectivity index (χ0v) is 17.7. The number of likely N-dealkylation sites (N-methyl/N-ethyl adjacent to an activating group) is 1. The van der Waals surface area contributed by atoms with Gasteiger partial charge in [-0.3, -0.25) is 9.48 Å². The first-order chi connectivity index (χ1) is 13.3. The van der Waals surface area contributed by atoms with Crippen LogP contribution in [0.5, 0.6) is 5.75 Å². The van der Waals surface area contributed by atoms with Crippen LogP contribution in [0.1, 0.15) is 48.2 Å². The molecule has 6 nitrogen and oxygen atoms in total. The summed E-state index contributed by atoms with van der Waals surface area (Å²) >= 11 is 0. The molecule has 3 rings (SSSR count). The average molecular weight is 385 g/mol. The molecule has 6 heteroatoms. The quantitative estimate of drug-likeness (QED) is 0.832. The smallest absolute Gasteiger partial charge is 0.263 e. The lowest BCUT2D eigenvalue weighted by molar-refractivity contribution is -0.137. The van der Waals surface area contributed by atoms with Crippen molar-refractivity contribution in [1.82, 2.24) is 20.0 Å². The Bertz CT molecular complexity index is 824. The first-order valence-corrected chi connectivity index (χ1v) is 10.1. The lowest BCUT2D eigenvalue weighted by Gasteiger charge is -2.22. The summed E-state index contributed by atoms with van der Waals surface area (Å²) in [6, 6.07) is 8.06. The van der Waals surface area contributed by atoms with Crippen LogP contribution in [0.4, 0.5) is 0 Å². The van der Waals surface area contributed by atoms with E-state index in [2.05, 4.69) is 18.3 Å². The fourth-order valence-corrected chi connectivity index (χ4v) is 3.67. The number of benzene rings is 1. The number of carbonyl (C=O) groups is 1. The first-order valence-electron chi connectivity index (χ1n) is 10.1. The van der Waals surface area contributed by atoms with Gasteiger partial charge in [-0.25, -0.2) is 0 Å². The van der Waals surface area contributed by atoms with E-state index in [-0.39, 0.29) is 5.91 Å². The van der Waals surface area contributed by atoms with E-state index in [9.17, 15) is 4.79 Å². The molecule has 2 aromatic rings. The van der Waals surface area contributed by atoms with E-state index in [1.165, 1.54) is 5.56 Å². The van der Waals surface area contributed by atoms with Crippen LogP contribution in [0.15, 0.2) is 24.3 Å². The molecule has 1 N–H and O–H groups in total. The van der Waals surface area contributed by atoms with E-state index in [1.807, 2.05) is 43.9 Å². The number of rotatable bonds is 6. The third-order valence-corrected chi connectivity index (χ3v) is 5.67. The first kappa shape index (κ1) is 20.4. The summed E-state index contributed by atoms with van der Waals surface area (Å²) < 4.78 is 7.78. The molecule has 28 heavy (non-hydrogen) atoms. The van der Waals surface area contributed by atoms with Gasteiger partial charge in [0.05, 0.1) is 17.9 Å². The second-order valence-electron chi connectivity index (χ2n) is 7.91. The van der Waals surface area contributed by atoms with Crippen molar-refractivity contribution >= 4 is 5.91 Å². The van der Waals surface area contributed by atoms with Crippen molar-refractivity contribution in [3.8, 4) is 5.75 Å². The SMILES string of the molecule is Cc1ccc(O[C@@H](C)C(=O)N(C)Cc2cc(C3CCNCC3)nn2C)cc1C. The Kier molecular flexibility index (Phi) is 6.39. The molecule has 0 radical (unpaired) electrons. The molecular weight excluding hydrogens is 352 g/mol. The monoisotopic (exact) mass is 384 g/mol. The van der Waals surface area contributed by atoms with E-state index >= 15 is 0 Å².